The monoisotopic (exact) mass is 197 g/mol. The van der Waals surface area contributed by atoms with Gasteiger partial charge in [-0.05, 0) is 20.8 Å². The summed E-state index contributed by atoms with van der Waals surface area (Å²) in [4.78, 5) is 10.8. The molecule has 0 radical (unpaired) electrons. The van der Waals surface area contributed by atoms with Gasteiger partial charge in [0.05, 0.1) is 18.8 Å². The van der Waals surface area contributed by atoms with Crippen molar-refractivity contribution in [2.75, 3.05) is 5.73 Å². The van der Waals surface area contributed by atoms with Gasteiger partial charge in [0, 0.05) is 0 Å². The normalized spacial score (nSPS) is 10.6. The topological polar surface area (TPSA) is 70.1 Å². The lowest BCUT2D eigenvalue weighted by Crippen LogP contribution is -2.09. The number of carbonyl (C=O) groups excluding carboxylic acids is 1. The average molecular weight is 197 g/mol. The summed E-state index contributed by atoms with van der Waals surface area (Å²) in [6, 6.07) is 0. The Labute approximate surface area is 82.8 Å². The number of ketones is 1. The molecule has 0 bridgehead atoms. The maximum Gasteiger partial charge on any atom is 0.256 e. The van der Waals surface area contributed by atoms with Crippen LogP contribution in [0.25, 0.3) is 0 Å². The lowest BCUT2D eigenvalue weighted by Gasteiger charge is -2.05. The first kappa shape index (κ1) is 10.6. The van der Waals surface area contributed by atoms with E-state index < -0.39 is 0 Å². The third kappa shape index (κ3) is 2.76. The number of ether oxygens (including phenoxy) is 1. The molecule has 0 saturated carbocycles. The second-order valence-corrected chi connectivity index (χ2v) is 3.46. The van der Waals surface area contributed by atoms with E-state index in [0.29, 0.717) is 11.6 Å². The van der Waals surface area contributed by atoms with Gasteiger partial charge in [-0.3, -0.25) is 9.48 Å². The van der Waals surface area contributed by atoms with E-state index in [2.05, 4.69) is 5.10 Å². The zero-order valence-electron chi connectivity index (χ0n) is 8.65. The highest BCUT2D eigenvalue weighted by Crippen LogP contribution is 2.19. The van der Waals surface area contributed by atoms with Crippen LogP contribution in [0.1, 0.15) is 20.8 Å². The average Bonchev–Trinajstić information content (AvgIpc) is 2.28. The fourth-order valence-electron chi connectivity index (χ4n) is 1.04. The summed E-state index contributed by atoms with van der Waals surface area (Å²) < 4.78 is 6.82. The number of anilines is 1. The Morgan fingerprint density at radius 2 is 2.36 bits per heavy atom. The second-order valence-electron chi connectivity index (χ2n) is 3.46. The standard InChI is InChI=1S/C9H15N3O2/c1-6(2)14-9-8(10)5-12(11-9)4-7(3)13/h5-6H,4,10H2,1-3H3. The molecule has 0 fully saturated rings. The van der Waals surface area contributed by atoms with Crippen molar-refractivity contribution < 1.29 is 9.53 Å². The van der Waals surface area contributed by atoms with E-state index >= 15 is 0 Å². The third-order valence-corrected chi connectivity index (χ3v) is 1.49. The van der Waals surface area contributed by atoms with Crippen molar-refractivity contribution >= 4 is 11.5 Å². The largest absolute Gasteiger partial charge is 0.472 e. The highest BCUT2D eigenvalue weighted by molar-refractivity contribution is 5.75. The molecule has 5 nitrogen and oxygen atoms in total. The van der Waals surface area contributed by atoms with Crippen LogP contribution in [0.5, 0.6) is 5.88 Å². The summed E-state index contributed by atoms with van der Waals surface area (Å²) >= 11 is 0. The van der Waals surface area contributed by atoms with E-state index in [1.54, 1.807) is 6.20 Å². The van der Waals surface area contributed by atoms with Crippen molar-refractivity contribution in [2.45, 2.75) is 33.4 Å². The molecule has 1 aromatic heterocycles. The Morgan fingerprint density at radius 1 is 1.71 bits per heavy atom. The summed E-state index contributed by atoms with van der Waals surface area (Å²) in [5, 5.41) is 4.04. The van der Waals surface area contributed by atoms with Gasteiger partial charge in [-0.2, -0.15) is 0 Å². The van der Waals surface area contributed by atoms with Crippen LogP contribution in [0, 0.1) is 0 Å². The lowest BCUT2D eigenvalue weighted by atomic mass is 10.4. The van der Waals surface area contributed by atoms with Gasteiger partial charge < -0.3 is 10.5 Å². The quantitative estimate of drug-likeness (QED) is 0.776. The van der Waals surface area contributed by atoms with Crippen molar-refractivity contribution in [1.29, 1.82) is 0 Å². The fourth-order valence-corrected chi connectivity index (χ4v) is 1.04. The maximum absolute atomic E-state index is 10.8. The van der Waals surface area contributed by atoms with Gasteiger partial charge in [-0.1, -0.05) is 0 Å². The van der Waals surface area contributed by atoms with Crippen molar-refractivity contribution in [3.63, 3.8) is 0 Å². The molecule has 0 unspecified atom stereocenters. The Hall–Kier alpha value is -1.52. The second kappa shape index (κ2) is 4.13. The molecular weight excluding hydrogens is 182 g/mol. The molecular formula is C9H15N3O2. The maximum atomic E-state index is 10.8. The van der Waals surface area contributed by atoms with E-state index in [4.69, 9.17) is 10.5 Å². The number of nitrogen functional groups attached to an aromatic ring is 1. The lowest BCUT2D eigenvalue weighted by molar-refractivity contribution is -0.117. The van der Waals surface area contributed by atoms with Crippen LogP contribution in [0.2, 0.25) is 0 Å². The van der Waals surface area contributed by atoms with E-state index in [-0.39, 0.29) is 18.4 Å². The molecule has 1 aromatic rings. The minimum Gasteiger partial charge on any atom is -0.472 e. The van der Waals surface area contributed by atoms with Crippen molar-refractivity contribution in [3.05, 3.63) is 6.20 Å². The number of carbonyl (C=O) groups is 1. The van der Waals surface area contributed by atoms with E-state index in [9.17, 15) is 4.79 Å². The van der Waals surface area contributed by atoms with Gasteiger partial charge in [0.25, 0.3) is 5.88 Å². The molecule has 0 aliphatic heterocycles. The minimum atomic E-state index is 0.0259. The van der Waals surface area contributed by atoms with Gasteiger partial charge in [-0.15, -0.1) is 5.10 Å². The van der Waals surface area contributed by atoms with Gasteiger partial charge in [-0.25, -0.2) is 0 Å². The SMILES string of the molecule is CC(=O)Cn1cc(N)c(OC(C)C)n1. The minimum absolute atomic E-state index is 0.0259. The molecule has 5 heteroatoms. The summed E-state index contributed by atoms with van der Waals surface area (Å²) in [6.07, 6.45) is 1.62. The molecule has 78 valence electrons. The van der Waals surface area contributed by atoms with Crippen LogP contribution in [-0.4, -0.2) is 21.7 Å². The molecule has 0 saturated heterocycles. The highest BCUT2D eigenvalue weighted by atomic mass is 16.5. The summed E-state index contributed by atoms with van der Waals surface area (Å²) in [5.41, 5.74) is 6.10. The van der Waals surface area contributed by atoms with Crippen LogP contribution in [0.3, 0.4) is 0 Å². The predicted octanol–water partition coefficient (Wildman–Crippen LogP) is 0.842. The van der Waals surface area contributed by atoms with E-state index in [0.717, 1.165) is 0 Å². The number of Topliss-reactive ketones (excluding diaryl/α,β-unsaturated/α-hetero) is 1. The van der Waals surface area contributed by atoms with Crippen molar-refractivity contribution in [3.8, 4) is 5.88 Å². The number of hydrogen-bond donors (Lipinski definition) is 1. The number of hydrogen-bond acceptors (Lipinski definition) is 4. The van der Waals surface area contributed by atoms with Crippen LogP contribution in [0.15, 0.2) is 6.20 Å². The summed E-state index contributed by atoms with van der Waals surface area (Å²) in [5.74, 6) is 0.421. The van der Waals surface area contributed by atoms with Crippen LogP contribution < -0.4 is 10.5 Å². The van der Waals surface area contributed by atoms with E-state index in [1.807, 2.05) is 13.8 Å². The van der Waals surface area contributed by atoms with Gasteiger partial charge in [0.15, 0.2) is 5.78 Å². The fraction of sp³-hybridized carbons (Fsp3) is 0.556. The molecule has 0 amide bonds. The predicted molar refractivity (Wildman–Crippen MR) is 53.1 cm³/mol. The first-order valence-corrected chi connectivity index (χ1v) is 4.48. The van der Waals surface area contributed by atoms with Gasteiger partial charge >= 0.3 is 0 Å². The van der Waals surface area contributed by atoms with Crippen LogP contribution in [-0.2, 0) is 11.3 Å². The molecule has 1 heterocycles. The molecule has 0 aromatic carbocycles. The zero-order chi connectivity index (χ0) is 10.7. The first-order valence-electron chi connectivity index (χ1n) is 4.48. The van der Waals surface area contributed by atoms with Crippen molar-refractivity contribution in [2.24, 2.45) is 0 Å². The highest BCUT2D eigenvalue weighted by Gasteiger charge is 2.09. The molecule has 0 aliphatic carbocycles. The van der Waals surface area contributed by atoms with Gasteiger partial charge in [0.2, 0.25) is 0 Å². The Balaban J connectivity index is 2.76. The molecule has 14 heavy (non-hydrogen) atoms. The first-order chi connectivity index (χ1) is 6.49. The molecule has 1 rings (SSSR count). The third-order valence-electron chi connectivity index (χ3n) is 1.49. The van der Waals surface area contributed by atoms with Crippen molar-refractivity contribution in [1.82, 2.24) is 9.78 Å². The smallest absolute Gasteiger partial charge is 0.256 e. The number of aromatic nitrogens is 2. The Bertz CT molecular complexity index is 331. The molecule has 2 N–H and O–H groups in total. The van der Waals surface area contributed by atoms with Gasteiger partial charge in [0.1, 0.15) is 5.69 Å². The molecule has 0 spiro atoms. The van der Waals surface area contributed by atoms with Crippen LogP contribution >= 0.6 is 0 Å². The van der Waals surface area contributed by atoms with E-state index in [1.165, 1.54) is 11.6 Å². The zero-order valence-corrected chi connectivity index (χ0v) is 8.65. The summed E-state index contributed by atoms with van der Waals surface area (Å²) in [7, 11) is 0. The number of rotatable bonds is 4. The summed E-state index contributed by atoms with van der Waals surface area (Å²) in [6.45, 7) is 5.51. The number of nitrogens with zero attached hydrogens (tertiary/aromatic N) is 2. The number of nitrogens with two attached hydrogens (primary N) is 1. The molecule has 0 atom stereocenters. The molecule has 0 aliphatic rings. The Kier molecular flexibility index (Phi) is 3.11. The Morgan fingerprint density at radius 3 is 2.86 bits per heavy atom. The van der Waals surface area contributed by atoms with Crippen LogP contribution in [0.4, 0.5) is 5.69 Å².